The van der Waals surface area contributed by atoms with E-state index in [1.807, 2.05) is 0 Å². The van der Waals surface area contributed by atoms with Crippen molar-refractivity contribution in [3.63, 3.8) is 0 Å². The first-order valence-electron chi connectivity index (χ1n) is 14.1. The number of hydrogen-bond acceptors (Lipinski definition) is 15. The number of carbonyl (C=O) groups is 1. The molecule has 2 fully saturated rings. The SMILES string of the molecule is COc1cc(C=CC(=O)O[C@H]2[C@H](O[C@H]3O[C@H](C)[C@@H](O)[C@H](O)[C@@H]3O)[C@@H](O)[C@H](OCCc3ccc(O)c(O)c3)O[C@@H]2CO)ccc1O. The van der Waals surface area contributed by atoms with Gasteiger partial charge in [-0.1, -0.05) is 12.1 Å². The van der Waals surface area contributed by atoms with Crippen molar-refractivity contribution >= 4 is 12.0 Å². The summed E-state index contributed by atoms with van der Waals surface area (Å²) in [6, 6.07) is 8.54. The summed E-state index contributed by atoms with van der Waals surface area (Å²) in [6.07, 6.45) is -12.3. The molecule has 0 saturated carbocycles. The number of phenolic OH excluding ortho intramolecular Hbond substituents is 3. The number of phenols is 3. The van der Waals surface area contributed by atoms with Crippen LogP contribution in [0.15, 0.2) is 42.5 Å². The Kier molecular flexibility index (Phi) is 11.6. The standard InChI is InChI=1S/C30H38O15/c1-14-23(36)24(37)25(38)30(42-14)45-28-26(39)29(41-10-9-16-3-6-17(32)19(34)11-16)43-21(13-31)27(28)44-22(35)8-5-15-4-7-18(33)20(12-15)40-2/h3-8,11-12,14,21,23-34,36-39H,9-10,13H2,1-2H3/t14-,21-,23-,24+,25+,26-,27-,28-,29-,30-/m1/s1. The number of benzene rings is 2. The number of esters is 1. The highest BCUT2D eigenvalue weighted by Gasteiger charge is 2.52. The number of aromatic hydroxyl groups is 3. The Hall–Kier alpha value is -3.51. The largest absolute Gasteiger partial charge is 0.504 e. The summed E-state index contributed by atoms with van der Waals surface area (Å²) < 4.78 is 33.4. The number of aliphatic hydroxyl groups excluding tert-OH is 5. The predicted octanol–water partition coefficient (Wildman–Crippen LogP) is -0.713. The summed E-state index contributed by atoms with van der Waals surface area (Å²) in [7, 11) is 1.36. The molecule has 2 heterocycles. The van der Waals surface area contributed by atoms with E-state index in [-0.39, 0.29) is 36.0 Å². The molecule has 0 amide bonds. The van der Waals surface area contributed by atoms with E-state index in [4.69, 9.17) is 28.4 Å². The summed E-state index contributed by atoms with van der Waals surface area (Å²) in [5.74, 6) is -1.49. The van der Waals surface area contributed by atoms with Crippen LogP contribution in [0.5, 0.6) is 23.0 Å². The van der Waals surface area contributed by atoms with Crippen molar-refractivity contribution in [3.05, 3.63) is 53.6 Å². The smallest absolute Gasteiger partial charge is 0.331 e. The van der Waals surface area contributed by atoms with Gasteiger partial charge in [-0.05, 0) is 54.8 Å². The summed E-state index contributed by atoms with van der Waals surface area (Å²) in [6.45, 7) is 0.645. The van der Waals surface area contributed by atoms with Gasteiger partial charge in [-0.3, -0.25) is 0 Å². The van der Waals surface area contributed by atoms with E-state index in [1.54, 1.807) is 6.07 Å². The maximum Gasteiger partial charge on any atom is 0.331 e. The van der Waals surface area contributed by atoms with Gasteiger partial charge in [0.25, 0.3) is 0 Å². The molecule has 45 heavy (non-hydrogen) atoms. The molecule has 2 aliphatic rings. The van der Waals surface area contributed by atoms with Crippen LogP contribution in [0.1, 0.15) is 18.1 Å². The first-order valence-corrected chi connectivity index (χ1v) is 14.1. The molecule has 15 heteroatoms. The number of methoxy groups -OCH3 is 1. The molecule has 0 aromatic heterocycles. The molecule has 0 radical (unpaired) electrons. The molecule has 2 aromatic carbocycles. The minimum absolute atomic E-state index is 0.0649. The van der Waals surface area contributed by atoms with Crippen LogP contribution in [0, 0.1) is 0 Å². The Morgan fingerprint density at radius 2 is 1.60 bits per heavy atom. The van der Waals surface area contributed by atoms with Crippen molar-refractivity contribution in [2.45, 2.75) is 74.8 Å². The van der Waals surface area contributed by atoms with Crippen LogP contribution >= 0.6 is 0 Å². The van der Waals surface area contributed by atoms with Crippen molar-refractivity contribution < 1.29 is 74.1 Å². The number of hydrogen-bond donors (Lipinski definition) is 8. The monoisotopic (exact) mass is 638 g/mol. The van der Waals surface area contributed by atoms with E-state index in [9.17, 15) is 45.6 Å². The van der Waals surface area contributed by atoms with E-state index in [0.29, 0.717) is 11.1 Å². The molecule has 8 N–H and O–H groups in total. The Morgan fingerprint density at radius 1 is 0.867 bits per heavy atom. The van der Waals surface area contributed by atoms with Gasteiger partial charge in [0.05, 0.1) is 26.4 Å². The Morgan fingerprint density at radius 3 is 2.29 bits per heavy atom. The van der Waals surface area contributed by atoms with Crippen molar-refractivity contribution in [1.29, 1.82) is 0 Å². The first kappa shape index (κ1) is 34.4. The minimum atomic E-state index is -1.76. The third kappa shape index (κ3) is 8.21. The molecule has 15 nitrogen and oxygen atoms in total. The highest BCUT2D eigenvalue weighted by molar-refractivity contribution is 5.87. The summed E-state index contributed by atoms with van der Waals surface area (Å²) in [5.41, 5.74) is 1.07. The fourth-order valence-electron chi connectivity index (χ4n) is 4.91. The molecule has 0 unspecified atom stereocenters. The molecule has 4 rings (SSSR count). The fourth-order valence-corrected chi connectivity index (χ4v) is 4.91. The summed E-state index contributed by atoms with van der Waals surface area (Å²) in [5, 5.41) is 81.4. The van der Waals surface area contributed by atoms with Gasteiger partial charge < -0.3 is 69.3 Å². The van der Waals surface area contributed by atoms with E-state index < -0.39 is 74.0 Å². The molecule has 2 saturated heterocycles. The van der Waals surface area contributed by atoms with Crippen molar-refractivity contribution in [2.24, 2.45) is 0 Å². The van der Waals surface area contributed by atoms with Gasteiger partial charge >= 0.3 is 5.97 Å². The normalized spacial score (nSPS) is 32.0. The number of carbonyl (C=O) groups excluding carboxylic acids is 1. The third-order valence-corrected chi connectivity index (χ3v) is 7.47. The molecule has 2 aromatic rings. The Bertz CT molecular complexity index is 1320. The number of aliphatic hydroxyl groups is 5. The van der Waals surface area contributed by atoms with Gasteiger partial charge in [-0.2, -0.15) is 0 Å². The van der Waals surface area contributed by atoms with Gasteiger partial charge in [0.2, 0.25) is 0 Å². The predicted molar refractivity (Wildman–Crippen MR) is 152 cm³/mol. The lowest BCUT2D eigenvalue weighted by Gasteiger charge is -2.46. The molecular weight excluding hydrogens is 600 g/mol. The van der Waals surface area contributed by atoms with Crippen LogP contribution < -0.4 is 4.74 Å². The summed E-state index contributed by atoms with van der Waals surface area (Å²) >= 11 is 0. The van der Waals surface area contributed by atoms with Gasteiger partial charge in [-0.25, -0.2) is 4.79 Å². The van der Waals surface area contributed by atoms with Gasteiger partial charge in [-0.15, -0.1) is 0 Å². The van der Waals surface area contributed by atoms with E-state index in [2.05, 4.69) is 0 Å². The first-order chi connectivity index (χ1) is 21.4. The van der Waals surface area contributed by atoms with Crippen LogP contribution in [0.2, 0.25) is 0 Å². The van der Waals surface area contributed by atoms with Crippen LogP contribution in [0.3, 0.4) is 0 Å². The second-order valence-corrected chi connectivity index (χ2v) is 10.6. The maximum absolute atomic E-state index is 12.9. The average Bonchev–Trinajstić information content (AvgIpc) is 3.02. The quantitative estimate of drug-likeness (QED) is 0.0862. The highest BCUT2D eigenvalue weighted by Crippen LogP contribution is 2.32. The maximum atomic E-state index is 12.9. The fraction of sp³-hybridized carbons (Fsp3) is 0.500. The van der Waals surface area contributed by atoms with Crippen molar-refractivity contribution in [2.75, 3.05) is 20.3 Å². The Balaban J connectivity index is 1.52. The molecule has 2 aliphatic heterocycles. The lowest BCUT2D eigenvalue weighted by atomic mass is 9.97. The lowest BCUT2D eigenvalue weighted by Crippen LogP contribution is -2.65. The van der Waals surface area contributed by atoms with E-state index in [0.717, 1.165) is 6.08 Å². The topological polar surface area (TPSA) is 234 Å². The number of rotatable bonds is 11. The van der Waals surface area contributed by atoms with Crippen LogP contribution in [-0.4, -0.2) is 129 Å². The van der Waals surface area contributed by atoms with Crippen LogP contribution in [0.4, 0.5) is 0 Å². The second-order valence-electron chi connectivity index (χ2n) is 10.6. The van der Waals surface area contributed by atoms with Gasteiger partial charge in [0, 0.05) is 6.08 Å². The number of ether oxygens (including phenoxy) is 6. The van der Waals surface area contributed by atoms with Gasteiger partial charge in [0.1, 0.15) is 36.6 Å². The molecule has 0 aliphatic carbocycles. The third-order valence-electron chi connectivity index (χ3n) is 7.47. The highest BCUT2D eigenvalue weighted by atomic mass is 16.7. The molecule has 10 atom stereocenters. The van der Waals surface area contributed by atoms with E-state index >= 15 is 0 Å². The minimum Gasteiger partial charge on any atom is -0.504 e. The molecule has 0 spiro atoms. The summed E-state index contributed by atoms with van der Waals surface area (Å²) in [4.78, 5) is 12.9. The molecule has 248 valence electrons. The van der Waals surface area contributed by atoms with Crippen molar-refractivity contribution in [3.8, 4) is 23.0 Å². The lowest BCUT2D eigenvalue weighted by molar-refractivity contribution is -0.357. The zero-order valence-electron chi connectivity index (χ0n) is 24.4. The zero-order chi connectivity index (χ0) is 32.8. The van der Waals surface area contributed by atoms with E-state index in [1.165, 1.54) is 50.4 Å². The molecular formula is C30H38O15. The molecule has 0 bridgehead atoms. The second kappa shape index (κ2) is 15.2. The average molecular weight is 639 g/mol. The zero-order valence-corrected chi connectivity index (χ0v) is 24.4. The van der Waals surface area contributed by atoms with Gasteiger partial charge in [0.15, 0.2) is 41.7 Å². The van der Waals surface area contributed by atoms with Crippen molar-refractivity contribution in [1.82, 2.24) is 0 Å². The Labute approximate surface area is 258 Å². The van der Waals surface area contributed by atoms with Crippen LogP contribution in [-0.2, 0) is 34.9 Å². The van der Waals surface area contributed by atoms with Crippen LogP contribution in [0.25, 0.3) is 6.08 Å².